The first-order valence-corrected chi connectivity index (χ1v) is 16.6. The van der Waals surface area contributed by atoms with Crippen LogP contribution in [0.4, 0.5) is 5.95 Å². The standard InChI is InChI=1S/C29H34IN6O9P/c1-6-41-24-20-23(33-28(31)34-24)36(27(30)32-20)26-29(5,39)22(37)19(44-26)13-42-18-12-11-16-9-7-8-10-17(16)21(18)45-46(40)35-15(4)25(38)43-14(2)3/h7-12,14-15,19,22,26,37,39H,6,13H2,1-5H3,(H2,31,33,34)/t15-,19+,22+,26?,29+/m0/s1. The fourth-order valence-corrected chi connectivity index (χ4v) is 6.45. The third-order valence-corrected chi connectivity index (χ3v) is 8.76. The van der Waals surface area contributed by atoms with Crippen molar-refractivity contribution in [3.63, 3.8) is 0 Å². The summed E-state index contributed by atoms with van der Waals surface area (Å²) in [5.74, 6) is -0.215. The molecule has 15 nitrogen and oxygen atoms in total. The minimum absolute atomic E-state index is 0.0633. The predicted molar refractivity (Wildman–Crippen MR) is 174 cm³/mol. The Labute approximate surface area is 278 Å². The molecule has 0 radical (unpaired) electrons. The molecule has 0 spiro atoms. The van der Waals surface area contributed by atoms with Crippen LogP contribution in [-0.4, -0.2) is 78.9 Å². The van der Waals surface area contributed by atoms with Crippen molar-refractivity contribution in [2.24, 2.45) is 4.74 Å². The molecule has 6 atom stereocenters. The maximum absolute atomic E-state index is 13.0. The van der Waals surface area contributed by atoms with Crippen LogP contribution in [-0.2, 0) is 14.3 Å². The molecule has 246 valence electrons. The van der Waals surface area contributed by atoms with Gasteiger partial charge in [0.25, 0.3) is 0 Å². The summed E-state index contributed by atoms with van der Waals surface area (Å²) in [5.41, 5.74) is 4.68. The van der Waals surface area contributed by atoms with Crippen LogP contribution >= 0.6 is 30.8 Å². The maximum Gasteiger partial charge on any atom is 0.395 e. The van der Waals surface area contributed by atoms with Crippen molar-refractivity contribution >= 4 is 64.6 Å². The number of esters is 1. The molecule has 2 unspecified atom stereocenters. The number of carbonyl (C=O) groups is 1. The highest BCUT2D eigenvalue weighted by Crippen LogP contribution is 2.43. The lowest BCUT2D eigenvalue weighted by Gasteiger charge is -2.27. The Kier molecular flexibility index (Phi) is 10.1. The second kappa shape index (κ2) is 13.8. The molecule has 4 N–H and O–H groups in total. The zero-order valence-electron chi connectivity index (χ0n) is 25.7. The van der Waals surface area contributed by atoms with Crippen molar-refractivity contribution in [1.82, 2.24) is 19.5 Å². The Morgan fingerprint density at radius 1 is 1.22 bits per heavy atom. The van der Waals surface area contributed by atoms with Gasteiger partial charge < -0.3 is 39.8 Å². The molecule has 1 fully saturated rings. The van der Waals surface area contributed by atoms with Crippen LogP contribution in [0.15, 0.2) is 41.1 Å². The number of anilines is 1. The number of hydrogen-bond acceptors (Lipinski definition) is 14. The van der Waals surface area contributed by atoms with Gasteiger partial charge in [0, 0.05) is 28.0 Å². The van der Waals surface area contributed by atoms with Gasteiger partial charge in [0.2, 0.25) is 17.6 Å². The molecule has 0 aliphatic carbocycles. The summed E-state index contributed by atoms with van der Waals surface area (Å²) in [6.45, 7) is 8.17. The van der Waals surface area contributed by atoms with Crippen molar-refractivity contribution < 1.29 is 43.4 Å². The summed E-state index contributed by atoms with van der Waals surface area (Å²) < 4.78 is 34.6. The Morgan fingerprint density at radius 3 is 2.67 bits per heavy atom. The number of aliphatic hydroxyl groups excluding tert-OH is 1. The fourth-order valence-electron chi connectivity index (χ4n) is 4.96. The topological polar surface area (TPSA) is 209 Å². The first-order chi connectivity index (χ1) is 21.8. The Hall–Kier alpha value is -3.41. The molecule has 1 saturated heterocycles. The average molecular weight is 769 g/mol. The molecule has 2 aromatic carbocycles. The van der Waals surface area contributed by atoms with Gasteiger partial charge in [0.15, 0.2) is 33.0 Å². The molecule has 46 heavy (non-hydrogen) atoms. The van der Waals surface area contributed by atoms with Crippen LogP contribution in [0.3, 0.4) is 0 Å². The number of imidazole rings is 1. The molecule has 4 aromatic rings. The third kappa shape index (κ3) is 6.82. The largest absolute Gasteiger partial charge is 0.575 e. The minimum Gasteiger partial charge on any atom is -0.575 e. The first kappa shape index (κ1) is 33.9. The molecule has 1 aliphatic heterocycles. The van der Waals surface area contributed by atoms with E-state index in [1.165, 1.54) is 18.4 Å². The summed E-state index contributed by atoms with van der Waals surface area (Å²) in [5, 5.41) is 24.0. The van der Waals surface area contributed by atoms with E-state index in [2.05, 4.69) is 19.7 Å². The molecule has 1 aliphatic rings. The number of rotatable bonds is 11. The van der Waals surface area contributed by atoms with Crippen molar-refractivity contribution in [1.29, 1.82) is 0 Å². The van der Waals surface area contributed by atoms with Crippen LogP contribution in [0, 0.1) is 3.83 Å². The quantitative estimate of drug-likeness (QED) is 0.0868. The van der Waals surface area contributed by atoms with Crippen LogP contribution in [0.5, 0.6) is 17.4 Å². The smallest absolute Gasteiger partial charge is 0.395 e. The zero-order valence-corrected chi connectivity index (χ0v) is 28.7. The summed E-state index contributed by atoms with van der Waals surface area (Å²) >= 11 is 1.96. The highest BCUT2D eigenvalue weighted by molar-refractivity contribution is 14.1. The van der Waals surface area contributed by atoms with Crippen molar-refractivity contribution in [2.45, 2.75) is 70.8 Å². The van der Waals surface area contributed by atoms with E-state index in [-0.39, 0.29) is 41.7 Å². The van der Waals surface area contributed by atoms with Crippen LogP contribution in [0.1, 0.15) is 40.8 Å². The van der Waals surface area contributed by atoms with Gasteiger partial charge in [0.05, 0.1) is 12.7 Å². The monoisotopic (exact) mass is 768 g/mol. The van der Waals surface area contributed by atoms with Gasteiger partial charge in [-0.1, -0.05) is 35.1 Å². The summed E-state index contributed by atoms with van der Waals surface area (Å²) in [6, 6.07) is 9.60. The van der Waals surface area contributed by atoms with Gasteiger partial charge in [-0.05, 0) is 46.1 Å². The molecular formula is C29H34IN6O9P. The van der Waals surface area contributed by atoms with Gasteiger partial charge >= 0.3 is 14.1 Å². The number of aliphatic hydroxyl groups is 2. The van der Waals surface area contributed by atoms with Crippen molar-refractivity contribution in [3.05, 3.63) is 40.2 Å². The average Bonchev–Trinajstić information content (AvgIpc) is 3.43. The predicted octanol–water partition coefficient (Wildman–Crippen LogP) is 3.23. The van der Waals surface area contributed by atoms with E-state index in [1.54, 1.807) is 45.0 Å². The van der Waals surface area contributed by atoms with E-state index in [4.69, 9.17) is 29.2 Å². The van der Waals surface area contributed by atoms with E-state index < -0.39 is 44.2 Å². The minimum atomic E-state index is -2.72. The van der Waals surface area contributed by atoms with Gasteiger partial charge in [0.1, 0.15) is 24.4 Å². The molecule has 17 heteroatoms. The Balaban J connectivity index is 1.42. The van der Waals surface area contributed by atoms with Crippen LogP contribution in [0.2, 0.25) is 0 Å². The van der Waals surface area contributed by atoms with E-state index in [9.17, 15) is 19.9 Å². The second-order valence-electron chi connectivity index (χ2n) is 11.0. The normalized spacial score (nSPS) is 22.4. The zero-order chi connectivity index (χ0) is 33.3. The Morgan fingerprint density at radius 2 is 1.96 bits per heavy atom. The number of nitrogens with zero attached hydrogens (tertiary/aromatic N) is 5. The molecule has 3 heterocycles. The number of nitrogens with two attached hydrogens (primary N) is 1. The molecule has 0 saturated carbocycles. The summed E-state index contributed by atoms with van der Waals surface area (Å²) in [7, 11) is -2.72. The number of carbonyl (C=O) groups excluding carboxylic acids is 1. The number of nitrogen functional groups attached to an aromatic ring is 1. The lowest BCUT2D eigenvalue weighted by atomic mass is 9.96. The lowest BCUT2D eigenvalue weighted by Crippen LogP contribution is -2.45. The number of benzene rings is 2. The van der Waals surface area contributed by atoms with Gasteiger partial charge in [-0.3, -0.25) is 9.09 Å². The molecule has 0 bridgehead atoms. The van der Waals surface area contributed by atoms with Crippen molar-refractivity contribution in [2.75, 3.05) is 18.9 Å². The molecule has 2 aromatic heterocycles. The van der Waals surface area contributed by atoms with Crippen LogP contribution in [0.25, 0.3) is 21.9 Å². The molecule has 5 rings (SSSR count). The van der Waals surface area contributed by atoms with E-state index in [0.717, 1.165) is 5.39 Å². The number of halogens is 1. The van der Waals surface area contributed by atoms with Gasteiger partial charge in [-0.2, -0.15) is 9.97 Å². The van der Waals surface area contributed by atoms with E-state index in [0.29, 0.717) is 21.3 Å². The summed E-state index contributed by atoms with van der Waals surface area (Å²) in [4.78, 5) is 38.1. The maximum atomic E-state index is 13.0. The first-order valence-electron chi connectivity index (χ1n) is 14.4. The highest BCUT2D eigenvalue weighted by Gasteiger charge is 2.54. The fraction of sp³-hybridized carbons (Fsp3) is 0.448. The number of ether oxygens (including phenoxy) is 4. The second-order valence-corrected chi connectivity index (χ2v) is 12.8. The number of fused-ring (bicyclic) bond motifs is 2. The van der Waals surface area contributed by atoms with Gasteiger partial charge in [-0.15, -0.1) is 0 Å². The highest BCUT2D eigenvalue weighted by atomic mass is 127. The van der Waals surface area contributed by atoms with Gasteiger partial charge in [-0.25, -0.2) is 9.78 Å². The van der Waals surface area contributed by atoms with E-state index in [1.807, 2.05) is 34.7 Å². The Bertz CT molecular complexity index is 1790. The number of hydrogen-bond donors (Lipinski definition) is 3. The molecular weight excluding hydrogens is 734 g/mol. The molecule has 0 amide bonds. The van der Waals surface area contributed by atoms with Crippen LogP contribution < -0.4 is 24.6 Å². The van der Waals surface area contributed by atoms with Crippen molar-refractivity contribution in [3.8, 4) is 17.4 Å². The third-order valence-electron chi connectivity index (χ3n) is 7.13. The van der Waals surface area contributed by atoms with E-state index >= 15 is 0 Å². The lowest BCUT2D eigenvalue weighted by molar-refractivity contribution is -0.170. The SMILES string of the molecule is CCOc1nc(N)nc2c1nc(I)n2C1O[C@H](COc2ccc3ccccc3c2O/[P+]([O-])=N/[C@@H](C)C(=O)OC(C)C)[C@@H](O)[C@@]1(C)O. The summed E-state index contributed by atoms with van der Waals surface area (Å²) in [6.07, 6.45) is -3.96. The number of aromatic nitrogens is 4.